The fourth-order valence-electron chi connectivity index (χ4n) is 4.49. The lowest BCUT2D eigenvalue weighted by Gasteiger charge is -2.28. The second kappa shape index (κ2) is 9.31. The molecule has 0 saturated carbocycles. The van der Waals surface area contributed by atoms with Gasteiger partial charge in [0.05, 0.1) is 36.3 Å². The van der Waals surface area contributed by atoms with Crippen LogP contribution < -0.4 is 5.01 Å². The zero-order valence-electron chi connectivity index (χ0n) is 18.7. The van der Waals surface area contributed by atoms with E-state index in [1.54, 1.807) is 0 Å². The molecule has 2 aliphatic rings. The van der Waals surface area contributed by atoms with Crippen LogP contribution in [0.5, 0.6) is 0 Å². The van der Waals surface area contributed by atoms with Gasteiger partial charge in [-0.1, -0.05) is 36.4 Å². The number of amides is 1. The number of hydrazone groups is 1. The average molecular weight is 445 g/mol. The van der Waals surface area contributed by atoms with E-state index >= 15 is 0 Å². The summed E-state index contributed by atoms with van der Waals surface area (Å²) in [5.74, 6) is -0.136. The van der Waals surface area contributed by atoms with Crippen LogP contribution in [0.25, 0.3) is 17.0 Å². The third-order valence-corrected chi connectivity index (χ3v) is 6.16. The van der Waals surface area contributed by atoms with Gasteiger partial charge in [-0.15, -0.1) is 0 Å². The van der Waals surface area contributed by atoms with Crippen molar-refractivity contribution in [2.24, 2.45) is 5.10 Å². The Morgan fingerprint density at radius 2 is 1.79 bits per heavy atom. The van der Waals surface area contributed by atoms with Gasteiger partial charge >= 0.3 is 0 Å². The Labute approximate surface area is 193 Å². The van der Waals surface area contributed by atoms with Crippen LogP contribution in [0.1, 0.15) is 12.5 Å². The lowest BCUT2D eigenvalue weighted by atomic mass is 10.1. The van der Waals surface area contributed by atoms with E-state index in [1.165, 1.54) is 5.01 Å². The van der Waals surface area contributed by atoms with E-state index in [9.17, 15) is 9.90 Å². The molecular formula is C26H28N4O3. The average Bonchev–Trinajstić information content (AvgIpc) is 3.32. The zero-order chi connectivity index (χ0) is 22.8. The quantitative estimate of drug-likeness (QED) is 0.593. The van der Waals surface area contributed by atoms with E-state index in [4.69, 9.17) is 4.74 Å². The standard InChI is InChI=1S/C26H28N4O3/c1-19-24(26(32)30(27-19)21-7-3-2-4-8-21)15-20-16-29(25-10-6-5-9-23(20)25)18-22(31)17-28-11-13-33-14-12-28/h2-10,15-16,22,31H,11-14,17-18H2,1H3/b24-15+. The van der Waals surface area contributed by atoms with Crippen LogP contribution in [-0.4, -0.2) is 65.1 Å². The first-order chi connectivity index (χ1) is 16.1. The van der Waals surface area contributed by atoms with E-state index in [0.29, 0.717) is 37.6 Å². The number of benzene rings is 2. The molecule has 0 radical (unpaired) electrons. The van der Waals surface area contributed by atoms with Gasteiger partial charge in [0.25, 0.3) is 5.91 Å². The number of ether oxygens (including phenoxy) is 1. The first kappa shape index (κ1) is 21.6. The van der Waals surface area contributed by atoms with Gasteiger partial charge in [-0.25, -0.2) is 0 Å². The van der Waals surface area contributed by atoms with Crippen molar-refractivity contribution in [3.05, 3.63) is 71.9 Å². The molecular weight excluding hydrogens is 416 g/mol. The number of β-amino-alcohol motifs (C(OH)–C–C–N with tert-alkyl or cyclic N) is 1. The van der Waals surface area contributed by atoms with E-state index in [0.717, 1.165) is 35.2 Å². The topological polar surface area (TPSA) is 70.3 Å². The van der Waals surface area contributed by atoms with Gasteiger partial charge in [0.15, 0.2) is 0 Å². The number of anilines is 1. The summed E-state index contributed by atoms with van der Waals surface area (Å²) < 4.78 is 7.48. The van der Waals surface area contributed by atoms with Crippen LogP contribution in [0.2, 0.25) is 0 Å². The number of carbonyl (C=O) groups excluding carboxylic acids is 1. The second-order valence-corrected chi connectivity index (χ2v) is 8.52. The van der Waals surface area contributed by atoms with E-state index in [1.807, 2.05) is 73.8 Å². The lowest BCUT2D eigenvalue weighted by Crippen LogP contribution is -2.41. The normalized spacial score (nSPS) is 19.5. The fraction of sp³-hybridized carbons (Fsp3) is 0.308. The number of aromatic nitrogens is 1. The molecule has 1 N–H and O–H groups in total. The highest BCUT2D eigenvalue weighted by Crippen LogP contribution is 2.28. The molecule has 1 amide bonds. The minimum absolute atomic E-state index is 0.136. The second-order valence-electron chi connectivity index (χ2n) is 8.52. The number of nitrogens with zero attached hydrogens (tertiary/aromatic N) is 4. The predicted octanol–water partition coefficient (Wildman–Crippen LogP) is 3.14. The van der Waals surface area contributed by atoms with Gasteiger partial charge in [0.1, 0.15) is 0 Å². The van der Waals surface area contributed by atoms with Crippen LogP contribution in [0.3, 0.4) is 0 Å². The fourth-order valence-corrected chi connectivity index (χ4v) is 4.49. The molecule has 1 aromatic heterocycles. The van der Waals surface area contributed by atoms with Crippen LogP contribution in [0, 0.1) is 0 Å². The molecule has 1 atom stereocenters. The summed E-state index contributed by atoms with van der Waals surface area (Å²) in [4.78, 5) is 15.4. The van der Waals surface area contributed by atoms with Crippen molar-refractivity contribution >= 4 is 34.3 Å². The number of rotatable bonds is 6. The minimum atomic E-state index is -0.496. The van der Waals surface area contributed by atoms with Gasteiger partial charge in [-0.2, -0.15) is 10.1 Å². The number of morpholine rings is 1. The number of carbonyl (C=O) groups is 1. The Balaban J connectivity index is 1.41. The van der Waals surface area contributed by atoms with Crippen molar-refractivity contribution in [1.29, 1.82) is 0 Å². The predicted molar refractivity (Wildman–Crippen MR) is 130 cm³/mol. The highest BCUT2D eigenvalue weighted by atomic mass is 16.5. The SMILES string of the molecule is CC1=NN(c2ccccc2)C(=O)/C1=C/c1cn(CC(O)CN2CCOCC2)c2ccccc12. The Morgan fingerprint density at radius 1 is 1.06 bits per heavy atom. The van der Waals surface area contributed by atoms with Gasteiger partial charge in [0, 0.05) is 48.8 Å². The summed E-state index contributed by atoms with van der Waals surface area (Å²) in [5, 5.41) is 17.7. The molecule has 5 rings (SSSR count). The smallest absolute Gasteiger partial charge is 0.280 e. The third-order valence-electron chi connectivity index (χ3n) is 6.16. The van der Waals surface area contributed by atoms with Gasteiger partial charge in [-0.05, 0) is 31.2 Å². The largest absolute Gasteiger partial charge is 0.390 e. The highest BCUT2D eigenvalue weighted by Gasteiger charge is 2.29. The molecule has 3 heterocycles. The Bertz CT molecular complexity index is 1210. The number of hydrogen-bond donors (Lipinski definition) is 1. The summed E-state index contributed by atoms with van der Waals surface area (Å²) in [6.45, 7) is 6.08. The number of para-hydroxylation sites is 2. The molecule has 3 aromatic rings. The lowest BCUT2D eigenvalue weighted by molar-refractivity contribution is -0.114. The van der Waals surface area contributed by atoms with E-state index in [-0.39, 0.29) is 5.91 Å². The number of aliphatic hydroxyl groups excluding tert-OH is 1. The van der Waals surface area contributed by atoms with E-state index < -0.39 is 6.10 Å². The third kappa shape index (κ3) is 4.48. The van der Waals surface area contributed by atoms with Crippen molar-refractivity contribution in [3.8, 4) is 0 Å². The Morgan fingerprint density at radius 3 is 2.58 bits per heavy atom. The molecule has 0 bridgehead atoms. The number of hydrogen-bond acceptors (Lipinski definition) is 5. The molecule has 7 nitrogen and oxygen atoms in total. The van der Waals surface area contributed by atoms with Crippen LogP contribution in [0.4, 0.5) is 5.69 Å². The van der Waals surface area contributed by atoms with Crippen LogP contribution in [0.15, 0.2) is 71.5 Å². The van der Waals surface area contributed by atoms with Crippen molar-refractivity contribution in [2.45, 2.75) is 19.6 Å². The van der Waals surface area contributed by atoms with Crippen molar-refractivity contribution in [1.82, 2.24) is 9.47 Å². The molecule has 170 valence electrons. The van der Waals surface area contributed by atoms with Gasteiger partial charge in [0.2, 0.25) is 0 Å². The molecule has 2 aliphatic heterocycles. The molecule has 1 fully saturated rings. The van der Waals surface area contributed by atoms with Crippen molar-refractivity contribution < 1.29 is 14.6 Å². The van der Waals surface area contributed by atoms with Crippen molar-refractivity contribution in [3.63, 3.8) is 0 Å². The molecule has 7 heteroatoms. The first-order valence-electron chi connectivity index (χ1n) is 11.3. The Kier molecular flexibility index (Phi) is 6.09. The van der Waals surface area contributed by atoms with Crippen LogP contribution >= 0.6 is 0 Å². The Hall–Kier alpha value is -3.26. The monoisotopic (exact) mass is 444 g/mol. The molecule has 0 spiro atoms. The maximum Gasteiger partial charge on any atom is 0.280 e. The highest BCUT2D eigenvalue weighted by molar-refractivity contribution is 6.32. The minimum Gasteiger partial charge on any atom is -0.390 e. The van der Waals surface area contributed by atoms with Gasteiger partial charge in [-0.3, -0.25) is 9.69 Å². The number of fused-ring (bicyclic) bond motifs is 1. The summed E-state index contributed by atoms with van der Waals surface area (Å²) in [6.07, 6.45) is 3.44. The maximum absolute atomic E-state index is 13.1. The van der Waals surface area contributed by atoms with Crippen LogP contribution in [-0.2, 0) is 16.1 Å². The molecule has 2 aromatic carbocycles. The summed E-state index contributed by atoms with van der Waals surface area (Å²) >= 11 is 0. The molecule has 1 unspecified atom stereocenters. The molecule has 33 heavy (non-hydrogen) atoms. The van der Waals surface area contributed by atoms with Crippen molar-refractivity contribution in [2.75, 3.05) is 37.9 Å². The zero-order valence-corrected chi connectivity index (χ0v) is 18.7. The molecule has 0 aliphatic carbocycles. The van der Waals surface area contributed by atoms with E-state index in [2.05, 4.69) is 14.6 Å². The molecule has 1 saturated heterocycles. The first-order valence-corrected chi connectivity index (χ1v) is 11.3. The maximum atomic E-state index is 13.1. The number of aliphatic hydroxyl groups is 1. The summed E-state index contributed by atoms with van der Waals surface area (Å²) in [7, 11) is 0. The van der Waals surface area contributed by atoms with Gasteiger partial charge < -0.3 is 14.4 Å². The summed E-state index contributed by atoms with van der Waals surface area (Å²) in [5.41, 5.74) is 3.99. The summed E-state index contributed by atoms with van der Waals surface area (Å²) in [6, 6.07) is 17.5.